The molecule has 0 aliphatic carbocycles. The van der Waals surface area contributed by atoms with E-state index in [1.807, 2.05) is 25.1 Å². The lowest BCUT2D eigenvalue weighted by Gasteiger charge is -2.10. The molecule has 0 radical (unpaired) electrons. The Morgan fingerprint density at radius 2 is 1.88 bits per heavy atom. The van der Waals surface area contributed by atoms with Gasteiger partial charge in [0, 0.05) is 5.56 Å². The maximum absolute atomic E-state index is 9.96. The third-order valence-corrected chi connectivity index (χ3v) is 2.76. The second kappa shape index (κ2) is 4.53. The van der Waals surface area contributed by atoms with Crippen LogP contribution in [0.5, 0.6) is 5.75 Å². The average Bonchev–Trinajstić information content (AvgIpc) is 2.28. The largest absolute Gasteiger partial charge is 0.508 e. The number of aromatic nitrogens is 2. The van der Waals surface area contributed by atoms with E-state index in [0.717, 1.165) is 22.4 Å². The van der Waals surface area contributed by atoms with Gasteiger partial charge in [0.25, 0.3) is 0 Å². The Bertz CT molecular complexity index is 535. The fraction of sp³-hybridized carbons (Fsp3) is 0.286. The van der Waals surface area contributed by atoms with Gasteiger partial charge in [-0.2, -0.15) is 10.2 Å². The molecule has 0 amide bonds. The molecule has 3 nitrogen and oxygen atoms in total. The summed E-state index contributed by atoms with van der Waals surface area (Å²) in [6, 6.07) is 7.71. The summed E-state index contributed by atoms with van der Waals surface area (Å²) in [4.78, 5) is 0. The highest BCUT2D eigenvalue weighted by Crippen LogP contribution is 2.30. The van der Waals surface area contributed by atoms with Crippen molar-refractivity contribution in [2.45, 2.75) is 26.7 Å². The lowest BCUT2D eigenvalue weighted by molar-refractivity contribution is 0.465. The van der Waals surface area contributed by atoms with Crippen LogP contribution in [0, 0.1) is 6.92 Å². The molecule has 0 bridgehead atoms. The summed E-state index contributed by atoms with van der Waals surface area (Å²) in [5.41, 5.74) is 3.77. The van der Waals surface area contributed by atoms with E-state index >= 15 is 0 Å². The molecular weight excluding hydrogens is 212 g/mol. The van der Waals surface area contributed by atoms with Crippen molar-refractivity contribution in [3.8, 4) is 16.9 Å². The van der Waals surface area contributed by atoms with E-state index in [2.05, 4.69) is 24.0 Å². The first kappa shape index (κ1) is 11.6. The van der Waals surface area contributed by atoms with Crippen molar-refractivity contribution in [2.75, 3.05) is 0 Å². The van der Waals surface area contributed by atoms with Gasteiger partial charge in [0.2, 0.25) is 0 Å². The molecule has 0 aliphatic heterocycles. The van der Waals surface area contributed by atoms with E-state index in [4.69, 9.17) is 0 Å². The molecule has 1 aromatic heterocycles. The fourth-order valence-corrected chi connectivity index (χ4v) is 1.84. The summed E-state index contributed by atoms with van der Waals surface area (Å²) in [5.74, 6) is 0.660. The Labute approximate surface area is 101 Å². The summed E-state index contributed by atoms with van der Waals surface area (Å²) in [6.45, 7) is 6.03. The molecule has 0 unspecified atom stereocenters. The van der Waals surface area contributed by atoms with E-state index in [1.54, 1.807) is 12.3 Å². The van der Waals surface area contributed by atoms with Crippen molar-refractivity contribution >= 4 is 0 Å². The van der Waals surface area contributed by atoms with Crippen LogP contribution < -0.4 is 0 Å². The number of aromatic hydroxyl groups is 1. The van der Waals surface area contributed by atoms with Crippen molar-refractivity contribution in [3.63, 3.8) is 0 Å². The van der Waals surface area contributed by atoms with E-state index in [1.165, 1.54) is 0 Å². The number of benzene rings is 1. The molecule has 88 valence electrons. The van der Waals surface area contributed by atoms with Gasteiger partial charge in [-0.05, 0) is 36.1 Å². The van der Waals surface area contributed by atoms with Gasteiger partial charge < -0.3 is 5.11 Å². The van der Waals surface area contributed by atoms with Gasteiger partial charge in [-0.15, -0.1) is 0 Å². The molecule has 1 N–H and O–H groups in total. The molecule has 1 heterocycles. The Kier molecular flexibility index (Phi) is 3.09. The second-order valence-electron chi connectivity index (χ2n) is 4.51. The minimum absolute atomic E-state index is 0.321. The molecule has 2 rings (SSSR count). The normalized spacial score (nSPS) is 10.8. The fourth-order valence-electron chi connectivity index (χ4n) is 1.84. The molecule has 3 heteroatoms. The van der Waals surface area contributed by atoms with Crippen LogP contribution in [0.15, 0.2) is 30.5 Å². The zero-order chi connectivity index (χ0) is 12.4. The predicted octanol–water partition coefficient (Wildman–Crippen LogP) is 3.28. The standard InChI is InChI=1S/C14H16N2O/c1-9(2)13-5-4-11(7-14(13)17)12-6-10(3)16-15-8-12/h4-9,17H,1-3H3. The third kappa shape index (κ3) is 2.44. The number of hydrogen-bond donors (Lipinski definition) is 1. The summed E-state index contributed by atoms with van der Waals surface area (Å²) in [7, 11) is 0. The Morgan fingerprint density at radius 3 is 2.47 bits per heavy atom. The lowest BCUT2D eigenvalue weighted by Crippen LogP contribution is -1.90. The van der Waals surface area contributed by atoms with Crippen molar-refractivity contribution in [1.29, 1.82) is 0 Å². The molecule has 0 fully saturated rings. The molecule has 0 saturated heterocycles. The first-order chi connectivity index (χ1) is 8.08. The Balaban J connectivity index is 2.44. The van der Waals surface area contributed by atoms with Crippen LogP contribution in [0.4, 0.5) is 0 Å². The topological polar surface area (TPSA) is 46.0 Å². The maximum Gasteiger partial charge on any atom is 0.119 e. The number of hydrogen-bond acceptors (Lipinski definition) is 3. The van der Waals surface area contributed by atoms with Crippen LogP contribution in [0.2, 0.25) is 0 Å². The number of phenols is 1. The van der Waals surface area contributed by atoms with Gasteiger partial charge in [0.15, 0.2) is 0 Å². The Morgan fingerprint density at radius 1 is 1.12 bits per heavy atom. The predicted molar refractivity (Wildman–Crippen MR) is 68.0 cm³/mol. The molecule has 2 aromatic rings. The minimum atomic E-state index is 0.321. The number of aryl methyl sites for hydroxylation is 1. The molecule has 0 saturated carbocycles. The van der Waals surface area contributed by atoms with Crippen molar-refractivity contribution in [1.82, 2.24) is 10.2 Å². The van der Waals surface area contributed by atoms with Gasteiger partial charge in [0.05, 0.1) is 11.9 Å². The molecule has 1 aromatic carbocycles. The number of rotatable bonds is 2. The summed E-state index contributed by atoms with van der Waals surface area (Å²) < 4.78 is 0. The maximum atomic E-state index is 9.96. The molecule has 0 spiro atoms. The van der Waals surface area contributed by atoms with Gasteiger partial charge in [-0.1, -0.05) is 26.0 Å². The van der Waals surface area contributed by atoms with Gasteiger partial charge in [-0.3, -0.25) is 0 Å². The summed E-state index contributed by atoms with van der Waals surface area (Å²) >= 11 is 0. The van der Waals surface area contributed by atoms with E-state index in [9.17, 15) is 5.11 Å². The Hall–Kier alpha value is -1.90. The summed E-state index contributed by atoms with van der Waals surface area (Å²) in [5, 5.41) is 17.8. The monoisotopic (exact) mass is 228 g/mol. The van der Waals surface area contributed by atoms with E-state index < -0.39 is 0 Å². The summed E-state index contributed by atoms with van der Waals surface area (Å²) in [6.07, 6.45) is 1.71. The van der Waals surface area contributed by atoms with Crippen LogP contribution in [0.3, 0.4) is 0 Å². The lowest BCUT2D eigenvalue weighted by atomic mass is 9.98. The number of nitrogens with zero attached hydrogens (tertiary/aromatic N) is 2. The van der Waals surface area contributed by atoms with Crippen LogP contribution >= 0.6 is 0 Å². The highest BCUT2D eigenvalue weighted by atomic mass is 16.3. The number of phenolic OH excluding ortho intramolecular Hbond substituents is 1. The first-order valence-electron chi connectivity index (χ1n) is 5.70. The average molecular weight is 228 g/mol. The van der Waals surface area contributed by atoms with Crippen molar-refractivity contribution < 1.29 is 5.11 Å². The molecular formula is C14H16N2O. The van der Waals surface area contributed by atoms with E-state index in [0.29, 0.717) is 11.7 Å². The van der Waals surface area contributed by atoms with Crippen LogP contribution in [0.1, 0.15) is 31.0 Å². The molecule has 17 heavy (non-hydrogen) atoms. The van der Waals surface area contributed by atoms with E-state index in [-0.39, 0.29) is 0 Å². The quantitative estimate of drug-likeness (QED) is 0.858. The smallest absolute Gasteiger partial charge is 0.119 e. The molecule has 0 aliphatic rings. The minimum Gasteiger partial charge on any atom is -0.508 e. The van der Waals surface area contributed by atoms with Crippen molar-refractivity contribution in [2.24, 2.45) is 0 Å². The van der Waals surface area contributed by atoms with Crippen LogP contribution in [-0.2, 0) is 0 Å². The van der Waals surface area contributed by atoms with Crippen LogP contribution in [0.25, 0.3) is 11.1 Å². The second-order valence-corrected chi connectivity index (χ2v) is 4.51. The van der Waals surface area contributed by atoms with Gasteiger partial charge >= 0.3 is 0 Å². The third-order valence-electron chi connectivity index (χ3n) is 2.76. The zero-order valence-corrected chi connectivity index (χ0v) is 10.3. The molecule has 0 atom stereocenters. The van der Waals surface area contributed by atoms with Crippen molar-refractivity contribution in [3.05, 3.63) is 41.7 Å². The zero-order valence-electron chi connectivity index (χ0n) is 10.3. The highest BCUT2D eigenvalue weighted by Gasteiger charge is 2.07. The highest BCUT2D eigenvalue weighted by molar-refractivity contribution is 5.65. The SMILES string of the molecule is Cc1cc(-c2ccc(C(C)C)c(O)c2)cnn1. The first-order valence-corrected chi connectivity index (χ1v) is 5.70. The van der Waals surface area contributed by atoms with Gasteiger partial charge in [-0.25, -0.2) is 0 Å². The van der Waals surface area contributed by atoms with Crippen LogP contribution in [-0.4, -0.2) is 15.3 Å². The van der Waals surface area contributed by atoms with Gasteiger partial charge in [0.1, 0.15) is 5.75 Å².